The van der Waals surface area contributed by atoms with E-state index < -0.39 is 0 Å². The summed E-state index contributed by atoms with van der Waals surface area (Å²) in [7, 11) is 1.67. The molecule has 0 aromatic heterocycles. The van der Waals surface area contributed by atoms with Crippen LogP contribution in [-0.2, 0) is 4.74 Å². The zero-order valence-electron chi connectivity index (χ0n) is 9.59. The van der Waals surface area contributed by atoms with Crippen molar-refractivity contribution in [1.82, 2.24) is 5.32 Å². The van der Waals surface area contributed by atoms with E-state index in [1.807, 2.05) is 25.1 Å². The highest BCUT2D eigenvalue weighted by Gasteiger charge is 2.06. The molecule has 0 heterocycles. The van der Waals surface area contributed by atoms with E-state index in [1.165, 1.54) is 0 Å². The number of methoxy groups -OCH3 is 1. The molecule has 0 aliphatic rings. The topological polar surface area (TPSA) is 33.3 Å². The predicted molar refractivity (Wildman–Crippen MR) is 82.5 cm³/mol. The van der Waals surface area contributed by atoms with Crippen molar-refractivity contribution in [2.45, 2.75) is 13.0 Å². The number of halogens is 2. The minimum Gasteiger partial charge on any atom is -0.383 e. The Balaban J connectivity index is 2.56. The number of thiocarbonyl (C=S) groups is 1. The molecule has 0 radical (unpaired) electrons. The van der Waals surface area contributed by atoms with Crippen LogP contribution in [-0.4, -0.2) is 24.9 Å². The Morgan fingerprint density at radius 2 is 2.18 bits per heavy atom. The molecule has 1 aromatic carbocycles. The van der Waals surface area contributed by atoms with Gasteiger partial charge in [-0.15, -0.1) is 0 Å². The fourth-order valence-electron chi connectivity index (χ4n) is 1.26. The first-order valence-corrected chi connectivity index (χ1v) is 7.04. The molecule has 1 unspecified atom stereocenters. The van der Waals surface area contributed by atoms with Crippen molar-refractivity contribution >= 4 is 54.9 Å². The normalized spacial score (nSPS) is 12.0. The second-order valence-corrected chi connectivity index (χ2v) is 5.76. The summed E-state index contributed by atoms with van der Waals surface area (Å²) in [5, 5.41) is 6.84. The third-order valence-electron chi connectivity index (χ3n) is 1.97. The molecule has 2 N–H and O–H groups in total. The second kappa shape index (κ2) is 7.31. The largest absolute Gasteiger partial charge is 0.383 e. The lowest BCUT2D eigenvalue weighted by atomic mass is 10.3. The van der Waals surface area contributed by atoms with Crippen molar-refractivity contribution in [3.63, 3.8) is 0 Å². The van der Waals surface area contributed by atoms with Gasteiger partial charge in [-0.05, 0) is 53.3 Å². The molecule has 1 rings (SSSR count). The van der Waals surface area contributed by atoms with Gasteiger partial charge in [0.25, 0.3) is 0 Å². The fraction of sp³-hybridized carbons (Fsp3) is 0.364. The zero-order valence-corrected chi connectivity index (χ0v) is 13.6. The monoisotopic (exact) mass is 380 g/mol. The number of ether oxygens (including phenoxy) is 1. The summed E-state index contributed by atoms with van der Waals surface area (Å²) < 4.78 is 7.00. The SMILES string of the molecule is COCC(C)NC(=S)Nc1ccc(Br)cc1Br. The Morgan fingerprint density at radius 1 is 1.47 bits per heavy atom. The lowest BCUT2D eigenvalue weighted by Crippen LogP contribution is -2.38. The maximum Gasteiger partial charge on any atom is 0.171 e. The molecule has 1 aromatic rings. The summed E-state index contributed by atoms with van der Waals surface area (Å²) in [5.41, 5.74) is 0.926. The molecule has 0 aliphatic heterocycles. The van der Waals surface area contributed by atoms with Gasteiger partial charge in [-0.2, -0.15) is 0 Å². The van der Waals surface area contributed by atoms with Gasteiger partial charge in [0.15, 0.2) is 5.11 Å². The van der Waals surface area contributed by atoms with Crippen LogP contribution in [0.5, 0.6) is 0 Å². The minimum atomic E-state index is 0.175. The average Bonchev–Trinajstić information content (AvgIpc) is 2.22. The number of anilines is 1. The summed E-state index contributed by atoms with van der Waals surface area (Å²) in [6.07, 6.45) is 0. The van der Waals surface area contributed by atoms with E-state index in [9.17, 15) is 0 Å². The molecule has 6 heteroatoms. The van der Waals surface area contributed by atoms with Crippen LogP contribution in [0.4, 0.5) is 5.69 Å². The highest BCUT2D eigenvalue weighted by atomic mass is 79.9. The maximum absolute atomic E-state index is 5.21. The summed E-state index contributed by atoms with van der Waals surface area (Å²) in [6.45, 7) is 2.62. The van der Waals surface area contributed by atoms with Crippen LogP contribution in [0.3, 0.4) is 0 Å². The van der Waals surface area contributed by atoms with E-state index in [0.717, 1.165) is 14.6 Å². The molecular formula is C11H14Br2N2OS. The number of benzene rings is 1. The van der Waals surface area contributed by atoms with Crippen molar-refractivity contribution in [3.8, 4) is 0 Å². The Morgan fingerprint density at radius 3 is 2.76 bits per heavy atom. The molecule has 0 spiro atoms. The standard InChI is InChI=1S/C11H14Br2N2OS/c1-7(6-16-2)14-11(17)15-10-4-3-8(12)5-9(10)13/h3-5,7H,6H2,1-2H3,(H2,14,15,17). The number of rotatable bonds is 4. The highest BCUT2D eigenvalue weighted by Crippen LogP contribution is 2.25. The van der Waals surface area contributed by atoms with Crippen LogP contribution in [0.2, 0.25) is 0 Å². The summed E-state index contributed by atoms with van der Waals surface area (Å²) in [6, 6.07) is 6.04. The number of hydrogen-bond acceptors (Lipinski definition) is 2. The molecule has 94 valence electrons. The van der Waals surface area contributed by atoms with Crippen molar-refractivity contribution < 1.29 is 4.74 Å². The Kier molecular flexibility index (Phi) is 6.40. The molecule has 0 bridgehead atoms. The van der Waals surface area contributed by atoms with E-state index in [1.54, 1.807) is 7.11 Å². The van der Waals surface area contributed by atoms with Gasteiger partial charge in [-0.1, -0.05) is 15.9 Å². The van der Waals surface area contributed by atoms with Crippen LogP contribution in [0.1, 0.15) is 6.92 Å². The smallest absolute Gasteiger partial charge is 0.171 e. The lowest BCUT2D eigenvalue weighted by Gasteiger charge is -2.16. The molecule has 3 nitrogen and oxygen atoms in total. The Labute approximate surface area is 124 Å². The number of nitrogens with one attached hydrogen (secondary N) is 2. The molecule has 0 fully saturated rings. The van der Waals surface area contributed by atoms with Gasteiger partial charge in [0, 0.05) is 22.1 Å². The van der Waals surface area contributed by atoms with Crippen molar-refractivity contribution in [3.05, 3.63) is 27.1 Å². The summed E-state index contributed by atoms with van der Waals surface area (Å²) in [5.74, 6) is 0. The molecule has 1 atom stereocenters. The van der Waals surface area contributed by atoms with Crippen LogP contribution >= 0.6 is 44.1 Å². The molecule has 0 saturated heterocycles. The van der Waals surface area contributed by atoms with Crippen LogP contribution < -0.4 is 10.6 Å². The number of hydrogen-bond donors (Lipinski definition) is 2. The molecule has 0 aliphatic carbocycles. The second-order valence-electron chi connectivity index (χ2n) is 3.58. The van der Waals surface area contributed by atoms with Crippen molar-refractivity contribution in [2.75, 3.05) is 19.0 Å². The third-order valence-corrected chi connectivity index (χ3v) is 3.34. The van der Waals surface area contributed by atoms with E-state index in [4.69, 9.17) is 17.0 Å². The van der Waals surface area contributed by atoms with Gasteiger partial charge in [-0.3, -0.25) is 0 Å². The van der Waals surface area contributed by atoms with E-state index in [2.05, 4.69) is 42.5 Å². The first-order chi connectivity index (χ1) is 8.02. The van der Waals surface area contributed by atoms with E-state index >= 15 is 0 Å². The Hall–Kier alpha value is -0.170. The first-order valence-electron chi connectivity index (χ1n) is 5.04. The van der Waals surface area contributed by atoms with Gasteiger partial charge in [0.2, 0.25) is 0 Å². The molecule has 17 heavy (non-hydrogen) atoms. The summed E-state index contributed by atoms with van der Waals surface area (Å²) >= 11 is 12.1. The summed E-state index contributed by atoms with van der Waals surface area (Å²) in [4.78, 5) is 0. The maximum atomic E-state index is 5.21. The lowest BCUT2D eigenvalue weighted by molar-refractivity contribution is 0.179. The quantitative estimate of drug-likeness (QED) is 0.781. The minimum absolute atomic E-state index is 0.175. The zero-order chi connectivity index (χ0) is 12.8. The van der Waals surface area contributed by atoms with E-state index in [0.29, 0.717) is 11.7 Å². The van der Waals surface area contributed by atoms with Gasteiger partial charge in [-0.25, -0.2) is 0 Å². The van der Waals surface area contributed by atoms with Gasteiger partial charge >= 0.3 is 0 Å². The molecular weight excluding hydrogens is 368 g/mol. The van der Waals surface area contributed by atoms with Gasteiger partial charge in [0.1, 0.15) is 0 Å². The average molecular weight is 382 g/mol. The molecule has 0 amide bonds. The highest BCUT2D eigenvalue weighted by molar-refractivity contribution is 9.11. The van der Waals surface area contributed by atoms with Crippen LogP contribution in [0, 0.1) is 0 Å². The van der Waals surface area contributed by atoms with Crippen molar-refractivity contribution in [1.29, 1.82) is 0 Å². The van der Waals surface area contributed by atoms with Crippen LogP contribution in [0.25, 0.3) is 0 Å². The Bertz CT molecular complexity index is 401. The third kappa shape index (κ3) is 5.33. The first kappa shape index (κ1) is 14.9. The van der Waals surface area contributed by atoms with Gasteiger partial charge in [0.05, 0.1) is 12.3 Å². The van der Waals surface area contributed by atoms with Crippen molar-refractivity contribution in [2.24, 2.45) is 0 Å². The van der Waals surface area contributed by atoms with Gasteiger partial charge < -0.3 is 15.4 Å². The fourth-order valence-corrected chi connectivity index (χ4v) is 2.72. The van der Waals surface area contributed by atoms with Crippen LogP contribution in [0.15, 0.2) is 27.1 Å². The molecule has 0 saturated carbocycles. The van der Waals surface area contributed by atoms with E-state index in [-0.39, 0.29) is 6.04 Å². The predicted octanol–water partition coefficient (Wildman–Crippen LogP) is 3.53.